The number of rotatable bonds is 0. The SMILES string of the molecule is B#P(I)C1CC(=O)N(C)C1=O. The van der Waals surface area contributed by atoms with Gasteiger partial charge in [-0.1, -0.05) is 0 Å². The molecular weight excluding hydrogens is 275 g/mol. The first-order valence-corrected chi connectivity index (χ1v) is 7.30. The number of amides is 2. The van der Waals surface area contributed by atoms with Gasteiger partial charge in [0.15, 0.2) is 0 Å². The third kappa shape index (κ3) is 1.70. The van der Waals surface area contributed by atoms with Crippen LogP contribution in [0, 0.1) is 0 Å². The molecule has 2 unspecified atom stereocenters. The molecule has 2 amide bonds. The van der Waals surface area contributed by atoms with Crippen molar-refractivity contribution < 1.29 is 9.59 Å². The molecule has 1 fully saturated rings. The average molecular weight is 281 g/mol. The summed E-state index contributed by atoms with van der Waals surface area (Å²) in [6, 6.07) is 0. The minimum absolute atomic E-state index is 0.116. The second kappa shape index (κ2) is 3.31. The summed E-state index contributed by atoms with van der Waals surface area (Å²) >= 11 is 2.02. The Bertz CT molecular complexity index is 284. The molecule has 2 atom stereocenters. The van der Waals surface area contributed by atoms with E-state index in [-0.39, 0.29) is 17.5 Å². The average Bonchev–Trinajstić information content (AvgIpc) is 2.17. The van der Waals surface area contributed by atoms with Crippen LogP contribution in [0.4, 0.5) is 0 Å². The zero-order valence-corrected chi connectivity index (χ0v) is 9.00. The number of carbonyl (C=O) groups excluding carboxylic acids is 2. The standard InChI is InChI=1S/C5H6BINO2P/c1-8-4(9)2-3(5(8)10)11(6)7/h3H,2H2,1H3. The van der Waals surface area contributed by atoms with Crippen molar-refractivity contribution in [2.45, 2.75) is 12.1 Å². The van der Waals surface area contributed by atoms with Crippen molar-refractivity contribution in [3.05, 3.63) is 0 Å². The van der Waals surface area contributed by atoms with Crippen molar-refractivity contribution in [2.24, 2.45) is 0 Å². The van der Waals surface area contributed by atoms with Crippen LogP contribution in [-0.4, -0.2) is 36.4 Å². The summed E-state index contributed by atoms with van der Waals surface area (Å²) in [5.41, 5.74) is -0.247. The van der Waals surface area contributed by atoms with E-state index in [2.05, 4.69) is 0 Å². The number of carbonyl (C=O) groups is 2. The predicted molar refractivity (Wildman–Crippen MR) is 52.9 cm³/mol. The molecule has 0 spiro atoms. The molecular formula is C5H6BINO2P. The molecule has 3 nitrogen and oxygen atoms in total. The van der Waals surface area contributed by atoms with Crippen LogP contribution in [-0.2, 0) is 9.59 Å². The third-order valence-corrected chi connectivity index (χ3v) is 4.67. The molecule has 1 aliphatic heterocycles. The first kappa shape index (κ1) is 9.32. The quantitative estimate of drug-likeness (QED) is 0.283. The molecule has 0 aromatic heterocycles. The topological polar surface area (TPSA) is 37.4 Å². The van der Waals surface area contributed by atoms with Gasteiger partial charge >= 0.3 is 79.4 Å². The zero-order valence-electron chi connectivity index (χ0n) is 5.95. The van der Waals surface area contributed by atoms with E-state index < -0.39 is 4.88 Å². The minimum atomic E-state index is -0.836. The Morgan fingerprint density at radius 1 is 1.73 bits per heavy atom. The van der Waals surface area contributed by atoms with Gasteiger partial charge in [-0.25, -0.2) is 0 Å². The second-order valence-corrected chi connectivity index (χ2v) is 7.01. The van der Waals surface area contributed by atoms with Crippen molar-refractivity contribution in [2.75, 3.05) is 7.05 Å². The van der Waals surface area contributed by atoms with E-state index in [9.17, 15) is 9.59 Å². The van der Waals surface area contributed by atoms with Crippen molar-refractivity contribution in [1.82, 2.24) is 4.90 Å². The second-order valence-electron chi connectivity index (χ2n) is 2.36. The van der Waals surface area contributed by atoms with Gasteiger partial charge in [0, 0.05) is 0 Å². The molecule has 1 heterocycles. The fraction of sp³-hybridized carbons (Fsp3) is 0.600. The van der Waals surface area contributed by atoms with Crippen molar-refractivity contribution >= 4 is 45.7 Å². The van der Waals surface area contributed by atoms with Crippen LogP contribution in [0.1, 0.15) is 6.42 Å². The predicted octanol–water partition coefficient (Wildman–Crippen LogP) is 0.659. The summed E-state index contributed by atoms with van der Waals surface area (Å²) in [5, 5.41) is 0. The van der Waals surface area contributed by atoms with Crippen LogP contribution in [0.5, 0.6) is 0 Å². The Labute approximate surface area is 79.4 Å². The van der Waals surface area contributed by atoms with Crippen LogP contribution in [0.3, 0.4) is 0 Å². The maximum absolute atomic E-state index is 11.2. The Morgan fingerprint density at radius 2 is 2.27 bits per heavy atom. The monoisotopic (exact) mass is 281 g/mol. The summed E-state index contributed by atoms with van der Waals surface area (Å²) in [4.78, 5) is 22.5. The van der Waals surface area contributed by atoms with E-state index in [1.165, 1.54) is 7.05 Å². The molecule has 0 radical (unpaired) electrons. The van der Waals surface area contributed by atoms with E-state index in [4.69, 9.17) is 7.01 Å². The Balaban J connectivity index is 2.86. The molecule has 0 bridgehead atoms. The van der Waals surface area contributed by atoms with E-state index in [1.807, 2.05) is 22.0 Å². The fourth-order valence-electron chi connectivity index (χ4n) is 0.929. The van der Waals surface area contributed by atoms with E-state index >= 15 is 0 Å². The fourth-order valence-corrected chi connectivity index (χ4v) is 2.95. The molecule has 0 N–H and O–H groups in total. The third-order valence-electron chi connectivity index (χ3n) is 1.66. The summed E-state index contributed by atoms with van der Waals surface area (Å²) in [6.45, 7) is 0. The van der Waals surface area contributed by atoms with Gasteiger partial charge in [-0.3, -0.25) is 0 Å². The molecule has 0 saturated carbocycles. The van der Waals surface area contributed by atoms with Gasteiger partial charge in [-0.15, -0.1) is 0 Å². The summed E-state index contributed by atoms with van der Waals surface area (Å²) in [6.07, 6.45) is 0.292. The number of hydrogen-bond donors (Lipinski definition) is 0. The van der Waals surface area contributed by atoms with E-state index in [0.717, 1.165) is 4.90 Å². The molecule has 0 aromatic rings. The van der Waals surface area contributed by atoms with Gasteiger partial charge in [-0.2, -0.15) is 0 Å². The molecule has 6 heteroatoms. The van der Waals surface area contributed by atoms with Gasteiger partial charge in [0.2, 0.25) is 0 Å². The number of hydrogen-bond acceptors (Lipinski definition) is 2. The van der Waals surface area contributed by atoms with Gasteiger partial charge < -0.3 is 0 Å². The van der Waals surface area contributed by atoms with Crippen molar-refractivity contribution in [1.29, 1.82) is 0 Å². The summed E-state index contributed by atoms with van der Waals surface area (Å²) in [7, 11) is 7.06. The van der Waals surface area contributed by atoms with Gasteiger partial charge in [0.25, 0.3) is 0 Å². The zero-order chi connectivity index (χ0) is 8.59. The van der Waals surface area contributed by atoms with E-state index in [1.54, 1.807) is 0 Å². The van der Waals surface area contributed by atoms with Crippen LogP contribution in [0.15, 0.2) is 0 Å². The summed E-state index contributed by atoms with van der Waals surface area (Å²) in [5.74, 6) is -0.243. The summed E-state index contributed by atoms with van der Waals surface area (Å²) < 4.78 is 0. The Morgan fingerprint density at radius 3 is 2.45 bits per heavy atom. The first-order chi connectivity index (χ1) is 5.04. The normalized spacial score (nSPS) is 26.4. The van der Waals surface area contributed by atoms with Gasteiger partial charge in [0.05, 0.1) is 0 Å². The van der Waals surface area contributed by atoms with Crippen LogP contribution >= 0.6 is 26.9 Å². The molecule has 0 aliphatic carbocycles. The van der Waals surface area contributed by atoms with Crippen molar-refractivity contribution in [3.8, 4) is 0 Å². The van der Waals surface area contributed by atoms with Gasteiger partial charge in [-0.05, 0) is 0 Å². The first-order valence-electron chi connectivity index (χ1n) is 3.04. The molecule has 1 aliphatic rings. The number of likely N-dealkylation sites (tertiary alicyclic amines) is 1. The van der Waals surface area contributed by atoms with Crippen molar-refractivity contribution in [3.63, 3.8) is 0 Å². The van der Waals surface area contributed by atoms with Crippen LogP contribution in [0.25, 0.3) is 0 Å². The molecule has 58 valence electrons. The Kier molecular flexibility index (Phi) is 2.81. The molecule has 0 aromatic carbocycles. The van der Waals surface area contributed by atoms with Crippen LogP contribution < -0.4 is 0 Å². The van der Waals surface area contributed by atoms with Gasteiger partial charge in [0.1, 0.15) is 0 Å². The molecule has 1 rings (SSSR count). The Hall–Kier alpha value is 0.235. The number of halogens is 1. The maximum atomic E-state index is 11.2. The van der Waals surface area contributed by atoms with Crippen LogP contribution in [0.2, 0.25) is 0 Å². The number of imide groups is 1. The molecule has 1 saturated heterocycles. The van der Waals surface area contributed by atoms with E-state index in [0.29, 0.717) is 6.42 Å². The molecule has 11 heavy (non-hydrogen) atoms. The number of nitrogens with zero attached hydrogens (tertiary/aromatic N) is 1.